The number of aromatic nitrogens is 1. The highest BCUT2D eigenvalue weighted by molar-refractivity contribution is 6.10. The highest BCUT2D eigenvalue weighted by Gasteiger charge is 2.14. The van der Waals surface area contributed by atoms with Gasteiger partial charge in [0.05, 0.1) is 11.0 Å². The second-order valence-corrected chi connectivity index (χ2v) is 10.4. The van der Waals surface area contributed by atoms with E-state index in [4.69, 9.17) is 0 Å². The summed E-state index contributed by atoms with van der Waals surface area (Å²) in [6.45, 7) is 4.54. The molecule has 0 saturated heterocycles. The van der Waals surface area contributed by atoms with Crippen molar-refractivity contribution >= 4 is 32.6 Å². The lowest BCUT2D eigenvalue weighted by atomic mass is 9.90. The van der Waals surface area contributed by atoms with E-state index in [1.807, 2.05) is 0 Å². The topological polar surface area (TPSA) is 4.93 Å². The summed E-state index contributed by atoms with van der Waals surface area (Å²) in [4.78, 5) is 0. The van der Waals surface area contributed by atoms with Crippen molar-refractivity contribution < 1.29 is 0 Å². The predicted octanol–water partition coefficient (Wildman–Crippen LogP) is 10.4. The number of nitrogens with zero attached hydrogens (tertiary/aromatic N) is 1. The van der Waals surface area contributed by atoms with E-state index < -0.39 is 0 Å². The van der Waals surface area contributed by atoms with Crippen molar-refractivity contribution in [3.8, 4) is 27.9 Å². The lowest BCUT2D eigenvalue weighted by Gasteiger charge is -2.14. The van der Waals surface area contributed by atoms with Crippen LogP contribution in [0.25, 0.3) is 60.5 Å². The van der Waals surface area contributed by atoms with Crippen LogP contribution in [0.5, 0.6) is 0 Å². The van der Waals surface area contributed by atoms with E-state index >= 15 is 0 Å². The fourth-order valence-electron chi connectivity index (χ4n) is 5.93. The molecule has 1 heteroatoms. The summed E-state index contributed by atoms with van der Waals surface area (Å²) in [6.07, 6.45) is 0. The van der Waals surface area contributed by atoms with Crippen LogP contribution in [0, 0.1) is 0 Å². The van der Waals surface area contributed by atoms with Crippen LogP contribution in [0.3, 0.4) is 0 Å². The molecule has 0 aliphatic carbocycles. The lowest BCUT2D eigenvalue weighted by molar-refractivity contribution is 0.876. The maximum Gasteiger partial charge on any atom is 0.0541 e. The molecule has 0 aliphatic heterocycles. The second kappa shape index (κ2) is 9.04. The molecule has 1 aromatic heterocycles. The molecular weight excluding hydrogens is 458 g/mol. The van der Waals surface area contributed by atoms with Crippen LogP contribution in [0.1, 0.15) is 25.3 Å². The summed E-state index contributed by atoms with van der Waals surface area (Å²) in [7, 11) is 0. The van der Waals surface area contributed by atoms with Gasteiger partial charge in [0.1, 0.15) is 0 Å². The normalized spacial score (nSPS) is 11.7. The molecule has 6 aromatic carbocycles. The Morgan fingerprint density at radius 3 is 1.82 bits per heavy atom. The summed E-state index contributed by atoms with van der Waals surface area (Å²) in [5.74, 6) is 0.499. The van der Waals surface area contributed by atoms with Gasteiger partial charge >= 0.3 is 0 Å². The Hall–Kier alpha value is -4.62. The van der Waals surface area contributed by atoms with Gasteiger partial charge in [-0.25, -0.2) is 0 Å². The maximum atomic E-state index is 2.36. The van der Waals surface area contributed by atoms with Gasteiger partial charge in [-0.1, -0.05) is 117 Å². The third kappa shape index (κ3) is 3.63. The smallest absolute Gasteiger partial charge is 0.0541 e. The molecule has 0 fully saturated rings. The van der Waals surface area contributed by atoms with Gasteiger partial charge in [0.2, 0.25) is 0 Å². The van der Waals surface area contributed by atoms with Crippen molar-refractivity contribution in [3.05, 3.63) is 139 Å². The van der Waals surface area contributed by atoms with Crippen LogP contribution in [-0.2, 0) is 0 Å². The number of fused-ring (bicyclic) bond motifs is 4. The first-order chi connectivity index (χ1) is 18.7. The van der Waals surface area contributed by atoms with Gasteiger partial charge in [-0.3, -0.25) is 0 Å². The van der Waals surface area contributed by atoms with Crippen molar-refractivity contribution in [1.82, 2.24) is 4.57 Å². The average Bonchev–Trinajstić information content (AvgIpc) is 3.31. The van der Waals surface area contributed by atoms with Crippen molar-refractivity contribution in [3.63, 3.8) is 0 Å². The van der Waals surface area contributed by atoms with E-state index in [-0.39, 0.29) is 0 Å². The Bertz CT molecular complexity index is 1920. The van der Waals surface area contributed by atoms with Crippen LogP contribution in [0.15, 0.2) is 133 Å². The van der Waals surface area contributed by atoms with E-state index in [0.29, 0.717) is 5.92 Å². The van der Waals surface area contributed by atoms with Gasteiger partial charge in [0, 0.05) is 16.5 Å². The number of para-hydroxylation sites is 2. The van der Waals surface area contributed by atoms with Crippen molar-refractivity contribution in [2.24, 2.45) is 0 Å². The zero-order valence-electron chi connectivity index (χ0n) is 21.7. The summed E-state index contributed by atoms with van der Waals surface area (Å²) >= 11 is 0. The van der Waals surface area contributed by atoms with Gasteiger partial charge < -0.3 is 4.57 Å². The van der Waals surface area contributed by atoms with Gasteiger partial charge in [0.25, 0.3) is 0 Å². The maximum absolute atomic E-state index is 2.36. The van der Waals surface area contributed by atoms with Crippen LogP contribution in [-0.4, -0.2) is 4.57 Å². The first-order valence-electron chi connectivity index (χ1n) is 13.4. The SMILES string of the molecule is CC(C)c1ccc(-c2ccc(-c3ccc4c(c3)c3ccccc3n4-c3ccccc3)cc2)c2ccccc12. The second-order valence-electron chi connectivity index (χ2n) is 10.4. The number of benzene rings is 6. The van der Waals surface area contributed by atoms with Crippen molar-refractivity contribution in [2.45, 2.75) is 19.8 Å². The molecule has 1 heterocycles. The zero-order valence-corrected chi connectivity index (χ0v) is 21.7. The molecular formula is C37H29N. The first-order valence-corrected chi connectivity index (χ1v) is 13.4. The van der Waals surface area contributed by atoms with Crippen LogP contribution >= 0.6 is 0 Å². The molecule has 7 aromatic rings. The number of rotatable bonds is 4. The first kappa shape index (κ1) is 22.6. The molecule has 0 bridgehead atoms. The molecule has 0 saturated carbocycles. The number of hydrogen-bond donors (Lipinski definition) is 0. The van der Waals surface area contributed by atoms with Gasteiger partial charge in [-0.05, 0) is 74.8 Å². The average molecular weight is 488 g/mol. The Kier molecular flexibility index (Phi) is 5.37. The molecule has 0 spiro atoms. The van der Waals surface area contributed by atoms with Gasteiger partial charge in [0.15, 0.2) is 0 Å². The van der Waals surface area contributed by atoms with Crippen LogP contribution in [0.4, 0.5) is 0 Å². The Morgan fingerprint density at radius 1 is 0.447 bits per heavy atom. The molecule has 7 rings (SSSR count). The summed E-state index contributed by atoms with van der Waals surface area (Å²) < 4.78 is 2.36. The van der Waals surface area contributed by atoms with E-state index in [2.05, 4.69) is 152 Å². The quantitative estimate of drug-likeness (QED) is 0.233. The largest absolute Gasteiger partial charge is 0.309 e. The monoisotopic (exact) mass is 487 g/mol. The van der Waals surface area contributed by atoms with Crippen molar-refractivity contribution in [1.29, 1.82) is 0 Å². The van der Waals surface area contributed by atoms with Crippen LogP contribution < -0.4 is 0 Å². The summed E-state index contributed by atoms with van der Waals surface area (Å²) in [5, 5.41) is 5.23. The Morgan fingerprint density at radius 2 is 1.05 bits per heavy atom. The third-order valence-corrected chi connectivity index (χ3v) is 7.80. The fraction of sp³-hybridized carbons (Fsp3) is 0.0811. The van der Waals surface area contributed by atoms with Crippen molar-refractivity contribution in [2.75, 3.05) is 0 Å². The van der Waals surface area contributed by atoms with E-state index in [0.717, 1.165) is 0 Å². The number of hydrogen-bond acceptors (Lipinski definition) is 0. The Balaban J connectivity index is 1.33. The molecule has 182 valence electrons. The predicted molar refractivity (Wildman–Crippen MR) is 163 cm³/mol. The minimum atomic E-state index is 0.499. The molecule has 0 N–H and O–H groups in total. The molecule has 0 amide bonds. The zero-order chi connectivity index (χ0) is 25.6. The third-order valence-electron chi connectivity index (χ3n) is 7.80. The van der Waals surface area contributed by atoms with E-state index in [1.54, 1.807) is 0 Å². The Labute approximate surface area is 223 Å². The molecule has 1 nitrogen and oxygen atoms in total. The molecule has 0 radical (unpaired) electrons. The molecule has 38 heavy (non-hydrogen) atoms. The van der Waals surface area contributed by atoms with E-state index in [9.17, 15) is 0 Å². The van der Waals surface area contributed by atoms with Gasteiger partial charge in [-0.2, -0.15) is 0 Å². The lowest BCUT2D eigenvalue weighted by Crippen LogP contribution is -1.92. The highest BCUT2D eigenvalue weighted by atomic mass is 15.0. The standard InChI is InChI=1S/C37H29N/c1-25(2)30-21-22-31(33-13-7-6-12-32(30)33)27-18-16-26(17-19-27)28-20-23-37-35(24-28)34-14-8-9-15-36(34)38(37)29-10-4-3-5-11-29/h3-25H,1-2H3. The molecule has 0 aliphatic rings. The summed E-state index contributed by atoms with van der Waals surface area (Å²) in [5.41, 5.74) is 10.1. The van der Waals surface area contributed by atoms with E-state index in [1.165, 1.54) is 66.1 Å². The summed E-state index contributed by atoms with van der Waals surface area (Å²) in [6, 6.07) is 48.6. The minimum Gasteiger partial charge on any atom is -0.309 e. The highest BCUT2D eigenvalue weighted by Crippen LogP contribution is 2.37. The van der Waals surface area contributed by atoms with Crippen LogP contribution in [0.2, 0.25) is 0 Å². The minimum absolute atomic E-state index is 0.499. The molecule has 0 unspecified atom stereocenters. The van der Waals surface area contributed by atoms with Gasteiger partial charge in [-0.15, -0.1) is 0 Å². The fourth-order valence-corrected chi connectivity index (χ4v) is 5.93. The molecule has 0 atom stereocenters.